The monoisotopic (exact) mass is 722 g/mol. The largest absolute Gasteiger partial charge is 0.508 e. The molecule has 0 spiro atoms. The molecular weight excluding hydrogens is 675 g/mol. The van der Waals surface area contributed by atoms with E-state index in [4.69, 9.17) is 9.47 Å². The molecule has 10 nitrogen and oxygen atoms in total. The lowest BCUT2D eigenvalue weighted by atomic mass is 9.55. The molecule has 2 N–H and O–H groups in total. The first-order valence-corrected chi connectivity index (χ1v) is 19.0. The van der Waals surface area contributed by atoms with Crippen molar-refractivity contribution in [3.05, 3.63) is 105 Å². The number of halogens is 1. The first kappa shape index (κ1) is 35.4. The van der Waals surface area contributed by atoms with E-state index in [2.05, 4.69) is 23.2 Å². The van der Waals surface area contributed by atoms with E-state index in [1.54, 1.807) is 34.1 Å². The second kappa shape index (κ2) is 14.7. The van der Waals surface area contributed by atoms with Crippen molar-refractivity contribution in [1.29, 1.82) is 0 Å². The fourth-order valence-electron chi connectivity index (χ4n) is 9.97. The van der Waals surface area contributed by atoms with E-state index in [1.165, 1.54) is 30.0 Å². The highest BCUT2D eigenvalue weighted by Gasteiger charge is 2.55. The number of nitrogens with zero attached hydrogens (tertiary/aromatic N) is 3. The van der Waals surface area contributed by atoms with Gasteiger partial charge in [-0.05, 0) is 109 Å². The predicted octanol–water partition coefficient (Wildman–Crippen LogP) is 5.60. The number of carbonyl (C=O) groups is 2. The van der Waals surface area contributed by atoms with Gasteiger partial charge in [0.25, 0.3) is 11.5 Å². The van der Waals surface area contributed by atoms with Crippen LogP contribution in [0.2, 0.25) is 0 Å². The number of aryl methyl sites for hydroxylation is 1. The quantitative estimate of drug-likeness (QED) is 0.216. The molecule has 2 saturated carbocycles. The first-order chi connectivity index (χ1) is 25.7. The summed E-state index contributed by atoms with van der Waals surface area (Å²) in [4.78, 5) is 41.9. The summed E-state index contributed by atoms with van der Waals surface area (Å²) in [5, 5.41) is 17.9. The second-order valence-corrected chi connectivity index (χ2v) is 15.5. The van der Waals surface area contributed by atoms with Crippen LogP contribution in [0.25, 0.3) is 10.8 Å². The van der Waals surface area contributed by atoms with E-state index in [0.717, 1.165) is 25.7 Å². The smallest absolute Gasteiger partial charge is 0.272 e. The van der Waals surface area contributed by atoms with E-state index < -0.39 is 11.7 Å². The number of aromatic nitrogens is 2. The Bertz CT molecular complexity index is 2080. The Hall–Kier alpha value is -4.61. The molecule has 2 amide bonds. The standard InChI is InChI=1S/C42H47FN4O6/c1-42-15-14-30-29-10-8-28(48)24-27(29)7-9-31(30)35(42)11-13-38(42)53-21-20-52-25-39(49)46-16-18-47(19-17-46)41(51)34-22-26(6-12-36(34)43)23-37-32-4-2-3-5-33(32)40(50)45-44-37/h2-6,8,10,12,22,24,30-31,35,38,48H,7,9,11,13-21,23,25H2,1H3,(H,45,50)/t30-,31-,35+,38?,42+/m1/s1. The van der Waals surface area contributed by atoms with Gasteiger partial charge in [0.05, 0.1) is 36.0 Å². The van der Waals surface area contributed by atoms with Gasteiger partial charge in [-0.3, -0.25) is 14.4 Å². The number of nitrogens with one attached hydrogen (secondary N) is 1. The second-order valence-electron chi connectivity index (χ2n) is 15.5. The molecule has 2 heterocycles. The van der Waals surface area contributed by atoms with Crippen molar-refractivity contribution in [2.75, 3.05) is 46.0 Å². The summed E-state index contributed by atoms with van der Waals surface area (Å²) in [7, 11) is 0. The van der Waals surface area contributed by atoms with Gasteiger partial charge in [-0.2, -0.15) is 5.10 Å². The zero-order valence-corrected chi connectivity index (χ0v) is 30.2. The minimum absolute atomic E-state index is 0.0277. The predicted molar refractivity (Wildman–Crippen MR) is 197 cm³/mol. The molecule has 1 aromatic heterocycles. The van der Waals surface area contributed by atoms with Gasteiger partial charge in [0.1, 0.15) is 18.2 Å². The fourth-order valence-corrected chi connectivity index (χ4v) is 9.97. The third kappa shape index (κ3) is 6.85. The molecule has 1 saturated heterocycles. The summed E-state index contributed by atoms with van der Waals surface area (Å²) in [6.45, 7) is 4.41. The molecule has 0 radical (unpaired) electrons. The Morgan fingerprint density at radius 2 is 1.75 bits per heavy atom. The lowest BCUT2D eigenvalue weighted by Gasteiger charge is -2.50. The average Bonchev–Trinajstić information content (AvgIpc) is 3.52. The molecule has 53 heavy (non-hydrogen) atoms. The summed E-state index contributed by atoms with van der Waals surface area (Å²) >= 11 is 0. The summed E-state index contributed by atoms with van der Waals surface area (Å²) in [6.07, 6.45) is 7.19. The van der Waals surface area contributed by atoms with Crippen LogP contribution in [0, 0.1) is 23.1 Å². The average molecular weight is 723 g/mol. The SMILES string of the molecule is C[C@]12CC[C@@H]3c4ccc(O)cc4CC[C@H]3[C@@H]1CCC2OCCOCC(=O)N1CCN(C(=O)c2cc(Cc3n[nH]c(=O)c4ccccc34)ccc2F)CC1. The zero-order chi connectivity index (χ0) is 36.7. The van der Waals surface area contributed by atoms with E-state index in [-0.39, 0.29) is 35.2 Å². The highest BCUT2D eigenvalue weighted by atomic mass is 19.1. The third-order valence-corrected chi connectivity index (χ3v) is 12.7. The van der Waals surface area contributed by atoms with Crippen LogP contribution in [0.3, 0.4) is 0 Å². The van der Waals surface area contributed by atoms with Crippen molar-refractivity contribution in [3.8, 4) is 5.75 Å². The molecule has 8 rings (SSSR count). The van der Waals surface area contributed by atoms with Crippen LogP contribution in [0.15, 0.2) is 65.5 Å². The number of aromatic amines is 1. The third-order valence-electron chi connectivity index (χ3n) is 12.7. The lowest BCUT2D eigenvalue weighted by molar-refractivity contribution is -0.139. The van der Waals surface area contributed by atoms with Crippen LogP contribution in [-0.4, -0.2) is 89.0 Å². The maximum atomic E-state index is 14.9. The molecular formula is C42H47FN4O6. The normalized spacial score (nSPS) is 25.2. The number of phenolic OH excluding ortho intramolecular Hbond substituents is 1. The topological polar surface area (TPSA) is 125 Å². The van der Waals surface area contributed by atoms with Gasteiger partial charge >= 0.3 is 0 Å². The maximum absolute atomic E-state index is 14.9. The minimum atomic E-state index is -0.608. The van der Waals surface area contributed by atoms with Gasteiger partial charge in [0.15, 0.2) is 0 Å². The molecule has 0 bridgehead atoms. The molecule has 5 atom stereocenters. The fraction of sp³-hybridized carbons (Fsp3) is 0.476. The summed E-state index contributed by atoms with van der Waals surface area (Å²) in [6, 6.07) is 17.6. The molecule has 1 aliphatic heterocycles. The molecule has 3 aromatic carbocycles. The summed E-state index contributed by atoms with van der Waals surface area (Å²) in [5.74, 6) is 1.04. The van der Waals surface area contributed by atoms with Crippen LogP contribution in [0.5, 0.6) is 5.75 Å². The number of H-pyrrole nitrogens is 1. The molecule has 1 unspecified atom stereocenters. The van der Waals surface area contributed by atoms with Crippen LogP contribution >= 0.6 is 0 Å². The Labute approximate surface area is 308 Å². The Kier molecular flexibility index (Phi) is 9.80. The number of hydrogen-bond donors (Lipinski definition) is 2. The van der Waals surface area contributed by atoms with Crippen molar-refractivity contribution in [2.24, 2.45) is 17.3 Å². The number of ether oxygens (including phenoxy) is 2. The number of fused-ring (bicyclic) bond motifs is 6. The number of hydrogen-bond acceptors (Lipinski definition) is 7. The summed E-state index contributed by atoms with van der Waals surface area (Å²) in [5.41, 5.74) is 3.90. The molecule has 11 heteroatoms. The van der Waals surface area contributed by atoms with Crippen molar-refractivity contribution in [1.82, 2.24) is 20.0 Å². The van der Waals surface area contributed by atoms with Crippen molar-refractivity contribution >= 4 is 22.6 Å². The lowest BCUT2D eigenvalue weighted by Crippen LogP contribution is -2.51. The number of carbonyl (C=O) groups excluding carboxylic acids is 2. The van der Waals surface area contributed by atoms with Gasteiger partial charge in [0, 0.05) is 38.0 Å². The van der Waals surface area contributed by atoms with E-state index in [9.17, 15) is 23.9 Å². The van der Waals surface area contributed by atoms with Gasteiger partial charge in [-0.1, -0.05) is 37.3 Å². The maximum Gasteiger partial charge on any atom is 0.272 e. The first-order valence-electron chi connectivity index (χ1n) is 19.0. The van der Waals surface area contributed by atoms with E-state index in [1.807, 2.05) is 24.3 Å². The molecule has 4 aliphatic rings. The van der Waals surface area contributed by atoms with Crippen LogP contribution in [-0.2, 0) is 27.1 Å². The number of phenols is 1. The molecule has 3 fully saturated rings. The molecule has 3 aliphatic carbocycles. The zero-order valence-electron chi connectivity index (χ0n) is 30.2. The highest BCUT2D eigenvalue weighted by Crippen LogP contribution is 2.61. The van der Waals surface area contributed by atoms with Gasteiger partial charge in [-0.15, -0.1) is 0 Å². The number of benzene rings is 3. The van der Waals surface area contributed by atoms with E-state index in [0.29, 0.717) is 91.3 Å². The number of amides is 2. The van der Waals surface area contributed by atoms with Crippen molar-refractivity contribution in [3.63, 3.8) is 0 Å². The van der Waals surface area contributed by atoms with Crippen molar-refractivity contribution < 1.29 is 28.6 Å². The Morgan fingerprint density at radius 3 is 2.58 bits per heavy atom. The van der Waals surface area contributed by atoms with Crippen LogP contribution in [0.4, 0.5) is 4.39 Å². The Morgan fingerprint density at radius 1 is 0.962 bits per heavy atom. The number of aromatic hydroxyl groups is 1. The Balaban J connectivity index is 0.786. The van der Waals surface area contributed by atoms with Crippen molar-refractivity contribution in [2.45, 2.75) is 63.9 Å². The van der Waals surface area contributed by atoms with Gasteiger partial charge in [-0.25, -0.2) is 9.49 Å². The van der Waals surface area contributed by atoms with E-state index >= 15 is 0 Å². The van der Waals surface area contributed by atoms with Gasteiger partial charge in [0.2, 0.25) is 5.91 Å². The summed E-state index contributed by atoms with van der Waals surface area (Å²) < 4.78 is 27.2. The number of rotatable bonds is 9. The molecule has 4 aromatic rings. The molecule has 278 valence electrons. The minimum Gasteiger partial charge on any atom is -0.508 e. The highest BCUT2D eigenvalue weighted by molar-refractivity contribution is 5.95. The van der Waals surface area contributed by atoms with Gasteiger partial charge < -0.3 is 24.4 Å². The number of piperazine rings is 1. The van der Waals surface area contributed by atoms with Crippen LogP contribution < -0.4 is 5.56 Å². The van der Waals surface area contributed by atoms with Crippen LogP contribution in [0.1, 0.15) is 77.7 Å².